The second-order valence-electron chi connectivity index (χ2n) is 7.02. The monoisotopic (exact) mass is 364 g/mol. The van der Waals surface area contributed by atoms with Gasteiger partial charge in [-0.1, -0.05) is 12.1 Å². The van der Waals surface area contributed by atoms with Crippen molar-refractivity contribution in [2.75, 3.05) is 26.2 Å². The highest BCUT2D eigenvalue weighted by Gasteiger charge is 2.29. The molecule has 0 aromatic heterocycles. The zero-order valence-electron chi connectivity index (χ0n) is 15.7. The summed E-state index contributed by atoms with van der Waals surface area (Å²) in [5.74, 6) is -0.383. The average Bonchev–Trinajstić information content (AvgIpc) is 2.60. The number of benzene rings is 1. The number of ether oxygens (including phenoxy) is 1. The molecule has 1 atom stereocenters. The lowest BCUT2D eigenvalue weighted by molar-refractivity contribution is -0.138. The lowest BCUT2D eigenvalue weighted by atomic mass is 9.96. The van der Waals surface area contributed by atoms with Gasteiger partial charge in [0.1, 0.15) is 5.82 Å². The molecule has 1 heterocycles. The molecule has 1 saturated heterocycles. The van der Waals surface area contributed by atoms with Crippen molar-refractivity contribution in [3.8, 4) is 0 Å². The number of piperidine rings is 1. The largest absolute Gasteiger partial charge is 0.379 e. The van der Waals surface area contributed by atoms with Gasteiger partial charge in [0, 0.05) is 32.7 Å². The fourth-order valence-corrected chi connectivity index (χ4v) is 3.05. The summed E-state index contributed by atoms with van der Waals surface area (Å²) in [6.45, 7) is 6.11. The Labute approximate surface area is 154 Å². The third kappa shape index (κ3) is 6.75. The van der Waals surface area contributed by atoms with Crippen molar-refractivity contribution in [3.05, 3.63) is 35.6 Å². The molecule has 0 saturated carbocycles. The van der Waals surface area contributed by atoms with E-state index in [1.807, 2.05) is 19.9 Å². The predicted octanol–water partition coefficient (Wildman–Crippen LogP) is 2.54. The summed E-state index contributed by atoms with van der Waals surface area (Å²) in [5, 5.41) is 2.94. The van der Waals surface area contributed by atoms with E-state index in [-0.39, 0.29) is 29.7 Å². The van der Waals surface area contributed by atoms with E-state index in [4.69, 9.17) is 4.74 Å². The third-order valence-electron chi connectivity index (χ3n) is 4.50. The van der Waals surface area contributed by atoms with Crippen molar-refractivity contribution in [3.63, 3.8) is 0 Å². The Bertz CT molecular complexity index is 606. The lowest BCUT2D eigenvalue weighted by Crippen LogP contribution is -2.46. The number of rotatable bonds is 9. The minimum Gasteiger partial charge on any atom is -0.379 e. The van der Waals surface area contributed by atoms with Gasteiger partial charge in [0.2, 0.25) is 11.8 Å². The number of nitrogens with zero attached hydrogens (tertiary/aromatic N) is 1. The van der Waals surface area contributed by atoms with Gasteiger partial charge in [-0.25, -0.2) is 4.39 Å². The van der Waals surface area contributed by atoms with Gasteiger partial charge in [0.25, 0.3) is 0 Å². The second kappa shape index (κ2) is 10.3. The standard InChI is InChI=1S/C20H29FN2O3/c1-15(2)26-12-4-10-22-20(25)17-7-8-19(24)23(14-17)11-9-16-5-3-6-18(21)13-16/h3,5-6,13,15,17H,4,7-12,14H2,1-2H3,(H,22,25). The van der Waals surface area contributed by atoms with Gasteiger partial charge < -0.3 is 15.0 Å². The van der Waals surface area contributed by atoms with Crippen LogP contribution >= 0.6 is 0 Å². The van der Waals surface area contributed by atoms with Crippen LogP contribution in [0.25, 0.3) is 0 Å². The van der Waals surface area contributed by atoms with Crippen molar-refractivity contribution in [1.29, 1.82) is 0 Å². The molecule has 1 unspecified atom stereocenters. The highest BCUT2D eigenvalue weighted by atomic mass is 19.1. The molecular weight excluding hydrogens is 335 g/mol. The third-order valence-corrected chi connectivity index (χ3v) is 4.50. The predicted molar refractivity (Wildman–Crippen MR) is 98.1 cm³/mol. The van der Waals surface area contributed by atoms with Gasteiger partial charge in [-0.15, -0.1) is 0 Å². The Morgan fingerprint density at radius 2 is 2.23 bits per heavy atom. The van der Waals surface area contributed by atoms with Crippen LogP contribution in [0, 0.1) is 11.7 Å². The summed E-state index contributed by atoms with van der Waals surface area (Å²) in [5.41, 5.74) is 0.856. The van der Waals surface area contributed by atoms with Gasteiger partial charge in [-0.3, -0.25) is 9.59 Å². The van der Waals surface area contributed by atoms with Gasteiger partial charge in [-0.2, -0.15) is 0 Å². The number of carbonyl (C=O) groups is 2. The molecule has 1 N–H and O–H groups in total. The first-order chi connectivity index (χ1) is 12.5. The summed E-state index contributed by atoms with van der Waals surface area (Å²) in [4.78, 5) is 26.2. The average molecular weight is 364 g/mol. The number of halogens is 1. The zero-order valence-corrected chi connectivity index (χ0v) is 15.7. The summed E-state index contributed by atoms with van der Waals surface area (Å²) < 4.78 is 18.7. The maximum absolute atomic E-state index is 13.3. The number of amides is 2. The maximum atomic E-state index is 13.3. The smallest absolute Gasteiger partial charge is 0.224 e. The van der Waals surface area contributed by atoms with Crippen molar-refractivity contribution >= 4 is 11.8 Å². The highest BCUT2D eigenvalue weighted by Crippen LogP contribution is 2.18. The van der Waals surface area contributed by atoms with E-state index >= 15 is 0 Å². The van der Waals surface area contributed by atoms with Crippen LogP contribution in [0.1, 0.15) is 38.7 Å². The fourth-order valence-electron chi connectivity index (χ4n) is 3.05. The number of nitrogens with one attached hydrogen (secondary N) is 1. The highest BCUT2D eigenvalue weighted by molar-refractivity contribution is 5.83. The number of hydrogen-bond acceptors (Lipinski definition) is 3. The van der Waals surface area contributed by atoms with Crippen LogP contribution in [-0.2, 0) is 20.7 Å². The molecule has 1 aromatic rings. The summed E-state index contributed by atoms with van der Waals surface area (Å²) in [6, 6.07) is 6.41. The lowest BCUT2D eigenvalue weighted by Gasteiger charge is -2.32. The Balaban J connectivity index is 1.75. The Kier molecular flexibility index (Phi) is 8.04. The molecule has 0 aliphatic carbocycles. The summed E-state index contributed by atoms with van der Waals surface area (Å²) in [7, 11) is 0. The van der Waals surface area contributed by atoms with E-state index in [9.17, 15) is 14.0 Å². The van der Waals surface area contributed by atoms with Crippen LogP contribution in [0.4, 0.5) is 4.39 Å². The van der Waals surface area contributed by atoms with Crippen LogP contribution in [0.2, 0.25) is 0 Å². The van der Waals surface area contributed by atoms with Gasteiger partial charge in [0.05, 0.1) is 12.0 Å². The van der Waals surface area contributed by atoms with E-state index in [2.05, 4.69) is 5.32 Å². The molecule has 1 fully saturated rings. The molecule has 2 amide bonds. The molecule has 5 nitrogen and oxygen atoms in total. The van der Waals surface area contributed by atoms with Gasteiger partial charge in [-0.05, 0) is 50.8 Å². The van der Waals surface area contributed by atoms with Crippen molar-refractivity contribution in [1.82, 2.24) is 10.2 Å². The Morgan fingerprint density at radius 1 is 1.42 bits per heavy atom. The molecule has 0 bridgehead atoms. The first-order valence-electron chi connectivity index (χ1n) is 9.37. The van der Waals surface area contributed by atoms with Crippen LogP contribution in [0.5, 0.6) is 0 Å². The first kappa shape index (κ1) is 20.4. The van der Waals surface area contributed by atoms with E-state index in [0.717, 1.165) is 12.0 Å². The topological polar surface area (TPSA) is 58.6 Å². The molecule has 1 aliphatic heterocycles. The van der Waals surface area contributed by atoms with Gasteiger partial charge in [0.15, 0.2) is 0 Å². The summed E-state index contributed by atoms with van der Waals surface area (Å²) in [6.07, 6.45) is 2.53. The molecule has 6 heteroatoms. The molecule has 0 radical (unpaired) electrons. The first-order valence-corrected chi connectivity index (χ1v) is 9.37. The van der Waals surface area contributed by atoms with E-state index in [0.29, 0.717) is 45.5 Å². The summed E-state index contributed by atoms with van der Waals surface area (Å²) >= 11 is 0. The van der Waals surface area contributed by atoms with Crippen molar-refractivity contribution in [2.24, 2.45) is 5.92 Å². The molecule has 1 aromatic carbocycles. The SMILES string of the molecule is CC(C)OCCCNC(=O)C1CCC(=O)N(CCc2cccc(F)c2)C1. The minimum atomic E-state index is -0.272. The van der Waals surface area contributed by atoms with E-state index < -0.39 is 0 Å². The molecule has 2 rings (SSSR count). The molecule has 144 valence electrons. The fraction of sp³-hybridized carbons (Fsp3) is 0.600. The molecule has 26 heavy (non-hydrogen) atoms. The zero-order chi connectivity index (χ0) is 18.9. The van der Waals surface area contributed by atoms with Gasteiger partial charge >= 0.3 is 0 Å². The molecular formula is C20H29FN2O3. The molecule has 1 aliphatic rings. The number of hydrogen-bond donors (Lipinski definition) is 1. The van der Waals surface area contributed by atoms with Crippen molar-refractivity contribution in [2.45, 2.75) is 45.6 Å². The van der Waals surface area contributed by atoms with Crippen LogP contribution in [0.15, 0.2) is 24.3 Å². The maximum Gasteiger partial charge on any atom is 0.224 e. The molecule has 0 spiro atoms. The number of likely N-dealkylation sites (tertiary alicyclic amines) is 1. The van der Waals surface area contributed by atoms with Crippen LogP contribution in [0.3, 0.4) is 0 Å². The Hall–Kier alpha value is -1.95. The quantitative estimate of drug-likeness (QED) is 0.685. The Morgan fingerprint density at radius 3 is 2.96 bits per heavy atom. The van der Waals surface area contributed by atoms with Crippen molar-refractivity contribution < 1.29 is 18.7 Å². The normalized spacial score (nSPS) is 17.6. The second-order valence-corrected chi connectivity index (χ2v) is 7.02. The minimum absolute atomic E-state index is 0.00203. The van der Waals surface area contributed by atoms with E-state index in [1.165, 1.54) is 12.1 Å². The number of carbonyl (C=O) groups excluding carboxylic acids is 2. The van der Waals surface area contributed by atoms with Crippen LogP contribution < -0.4 is 5.32 Å². The van der Waals surface area contributed by atoms with Crippen LogP contribution in [-0.4, -0.2) is 49.1 Å². The van der Waals surface area contributed by atoms with E-state index in [1.54, 1.807) is 11.0 Å².